The zero-order chi connectivity index (χ0) is 16.1. The molecule has 3 rings (SSSR count). The largest absolute Gasteiger partial charge is 0.389 e. The first-order valence-corrected chi connectivity index (χ1v) is 9.04. The fourth-order valence-corrected chi connectivity index (χ4v) is 3.77. The summed E-state index contributed by atoms with van der Waals surface area (Å²) in [5.41, 5.74) is 1.30. The highest BCUT2D eigenvalue weighted by atomic mass is 16.5. The number of hydrogen-bond donors (Lipinski definition) is 1. The molecule has 0 amide bonds. The Balaban J connectivity index is 1.36. The zero-order valence-electron chi connectivity index (χ0n) is 14.2. The summed E-state index contributed by atoms with van der Waals surface area (Å²) in [6, 6.07) is 10.6. The Morgan fingerprint density at radius 1 is 1.13 bits per heavy atom. The molecule has 0 bridgehead atoms. The SMILES string of the molecule is C[C@H]1CCC[C@H]1OC[C@H](O)CN1CCN(c2ccccc2)CC1. The fourth-order valence-electron chi connectivity index (χ4n) is 3.77. The maximum Gasteiger partial charge on any atom is 0.0900 e. The molecule has 1 saturated heterocycles. The molecule has 0 spiro atoms. The summed E-state index contributed by atoms with van der Waals surface area (Å²) in [6.45, 7) is 7.52. The van der Waals surface area contributed by atoms with Crippen LogP contribution in [0.3, 0.4) is 0 Å². The minimum absolute atomic E-state index is 0.361. The summed E-state index contributed by atoms with van der Waals surface area (Å²) in [4.78, 5) is 4.77. The van der Waals surface area contributed by atoms with Crippen LogP contribution in [-0.4, -0.2) is 61.5 Å². The number of β-amino-alcohol motifs (C(OH)–C–C–N with tert-alkyl or cyclic N) is 1. The maximum atomic E-state index is 10.3. The number of aliphatic hydroxyl groups is 1. The molecule has 2 aliphatic rings. The van der Waals surface area contributed by atoms with Crippen LogP contribution >= 0.6 is 0 Å². The maximum absolute atomic E-state index is 10.3. The summed E-state index contributed by atoms with van der Waals surface area (Å²) in [6.07, 6.45) is 3.68. The zero-order valence-corrected chi connectivity index (χ0v) is 14.2. The van der Waals surface area contributed by atoms with Gasteiger partial charge in [0, 0.05) is 38.4 Å². The lowest BCUT2D eigenvalue weighted by Gasteiger charge is -2.37. The van der Waals surface area contributed by atoms with Crippen LogP contribution in [0.5, 0.6) is 0 Å². The van der Waals surface area contributed by atoms with Crippen molar-refractivity contribution >= 4 is 5.69 Å². The number of ether oxygens (including phenoxy) is 1. The van der Waals surface area contributed by atoms with Gasteiger partial charge in [-0.15, -0.1) is 0 Å². The van der Waals surface area contributed by atoms with Gasteiger partial charge in [0.2, 0.25) is 0 Å². The highest BCUT2D eigenvalue weighted by Gasteiger charge is 2.25. The molecular weight excluding hydrogens is 288 g/mol. The normalized spacial score (nSPS) is 27.3. The molecule has 1 aliphatic heterocycles. The molecule has 0 unspecified atom stereocenters. The minimum atomic E-state index is -0.369. The van der Waals surface area contributed by atoms with Crippen LogP contribution < -0.4 is 4.90 Å². The lowest BCUT2D eigenvalue weighted by Crippen LogP contribution is -2.49. The van der Waals surface area contributed by atoms with E-state index in [1.165, 1.54) is 18.5 Å². The van der Waals surface area contributed by atoms with E-state index in [2.05, 4.69) is 47.1 Å². The minimum Gasteiger partial charge on any atom is -0.389 e. The van der Waals surface area contributed by atoms with Gasteiger partial charge in [-0.25, -0.2) is 0 Å². The molecule has 4 heteroatoms. The van der Waals surface area contributed by atoms with E-state index in [0.29, 0.717) is 18.6 Å². The average molecular weight is 318 g/mol. The van der Waals surface area contributed by atoms with Gasteiger partial charge in [-0.2, -0.15) is 0 Å². The first kappa shape index (κ1) is 16.7. The summed E-state index contributed by atoms with van der Waals surface area (Å²) in [5.74, 6) is 0.650. The Kier molecular flexibility index (Phi) is 5.92. The van der Waals surface area contributed by atoms with E-state index < -0.39 is 0 Å². The number of anilines is 1. The predicted octanol–water partition coefficient (Wildman–Crippen LogP) is 2.37. The second-order valence-electron chi connectivity index (χ2n) is 7.06. The molecule has 2 fully saturated rings. The Hall–Kier alpha value is -1.10. The quantitative estimate of drug-likeness (QED) is 0.873. The van der Waals surface area contributed by atoms with Crippen molar-refractivity contribution in [3.63, 3.8) is 0 Å². The molecule has 3 atom stereocenters. The first-order valence-electron chi connectivity index (χ1n) is 9.04. The Morgan fingerprint density at radius 3 is 2.52 bits per heavy atom. The number of para-hydroxylation sites is 1. The number of benzene rings is 1. The molecule has 1 aliphatic carbocycles. The van der Waals surface area contributed by atoms with Gasteiger partial charge in [0.1, 0.15) is 0 Å². The molecule has 0 radical (unpaired) electrons. The second kappa shape index (κ2) is 8.13. The molecule has 0 aromatic heterocycles. The van der Waals surface area contributed by atoms with Crippen molar-refractivity contribution in [3.05, 3.63) is 30.3 Å². The molecule has 1 aromatic carbocycles. The van der Waals surface area contributed by atoms with Crippen molar-refractivity contribution < 1.29 is 9.84 Å². The van der Waals surface area contributed by atoms with Gasteiger partial charge >= 0.3 is 0 Å². The van der Waals surface area contributed by atoms with Crippen LogP contribution in [-0.2, 0) is 4.74 Å². The van der Waals surface area contributed by atoms with E-state index in [0.717, 1.165) is 39.1 Å². The summed E-state index contributed by atoms with van der Waals surface area (Å²) in [7, 11) is 0. The molecular formula is C19H30N2O2. The van der Waals surface area contributed by atoms with E-state index in [9.17, 15) is 5.11 Å². The highest BCUT2D eigenvalue weighted by Crippen LogP contribution is 2.27. The van der Waals surface area contributed by atoms with Crippen molar-refractivity contribution in [2.75, 3.05) is 44.2 Å². The smallest absolute Gasteiger partial charge is 0.0900 e. The predicted molar refractivity (Wildman–Crippen MR) is 93.9 cm³/mol. The Morgan fingerprint density at radius 2 is 1.87 bits per heavy atom. The third-order valence-corrected chi connectivity index (χ3v) is 5.25. The van der Waals surface area contributed by atoms with Gasteiger partial charge in [0.25, 0.3) is 0 Å². The molecule has 1 heterocycles. The summed E-state index contributed by atoms with van der Waals surface area (Å²) < 4.78 is 5.92. The molecule has 1 N–H and O–H groups in total. The lowest BCUT2D eigenvalue weighted by atomic mass is 10.1. The van der Waals surface area contributed by atoms with Crippen LogP contribution in [0.15, 0.2) is 30.3 Å². The van der Waals surface area contributed by atoms with Crippen molar-refractivity contribution in [2.24, 2.45) is 5.92 Å². The van der Waals surface area contributed by atoms with Gasteiger partial charge in [0.05, 0.1) is 18.8 Å². The van der Waals surface area contributed by atoms with Crippen molar-refractivity contribution in [1.29, 1.82) is 0 Å². The number of piperazine rings is 1. The molecule has 1 saturated carbocycles. The van der Waals surface area contributed by atoms with E-state index in [-0.39, 0.29) is 6.10 Å². The van der Waals surface area contributed by atoms with Crippen LogP contribution in [0.25, 0.3) is 0 Å². The van der Waals surface area contributed by atoms with Gasteiger partial charge in [-0.3, -0.25) is 4.90 Å². The van der Waals surface area contributed by atoms with Crippen LogP contribution in [0, 0.1) is 5.92 Å². The topological polar surface area (TPSA) is 35.9 Å². The average Bonchev–Trinajstić information content (AvgIpc) is 3.00. The third-order valence-electron chi connectivity index (χ3n) is 5.25. The standard InChI is InChI=1S/C19H30N2O2/c1-16-6-5-9-19(16)23-15-18(22)14-20-10-12-21(13-11-20)17-7-3-2-4-8-17/h2-4,7-8,16,18-19,22H,5-6,9-15H2,1H3/t16-,18+,19+/m0/s1. The van der Waals surface area contributed by atoms with Gasteiger partial charge in [-0.1, -0.05) is 31.5 Å². The number of aliphatic hydroxyl groups excluding tert-OH is 1. The highest BCUT2D eigenvalue weighted by molar-refractivity contribution is 5.46. The number of hydrogen-bond acceptors (Lipinski definition) is 4. The van der Waals surface area contributed by atoms with E-state index in [1.807, 2.05) is 0 Å². The van der Waals surface area contributed by atoms with E-state index in [4.69, 9.17) is 4.74 Å². The molecule has 4 nitrogen and oxygen atoms in total. The van der Waals surface area contributed by atoms with Crippen molar-refractivity contribution in [1.82, 2.24) is 4.90 Å². The van der Waals surface area contributed by atoms with Gasteiger partial charge in [0.15, 0.2) is 0 Å². The van der Waals surface area contributed by atoms with Crippen LogP contribution in [0.1, 0.15) is 26.2 Å². The second-order valence-corrected chi connectivity index (χ2v) is 7.06. The fraction of sp³-hybridized carbons (Fsp3) is 0.684. The summed E-state index contributed by atoms with van der Waals surface area (Å²) >= 11 is 0. The van der Waals surface area contributed by atoms with Gasteiger partial charge in [-0.05, 0) is 30.9 Å². The Labute approximate surface area is 140 Å². The lowest BCUT2D eigenvalue weighted by molar-refractivity contribution is -0.0321. The van der Waals surface area contributed by atoms with Crippen molar-refractivity contribution in [3.8, 4) is 0 Å². The third kappa shape index (κ3) is 4.69. The van der Waals surface area contributed by atoms with Gasteiger partial charge < -0.3 is 14.7 Å². The summed E-state index contributed by atoms with van der Waals surface area (Å²) in [5, 5.41) is 10.3. The Bertz CT molecular complexity index is 460. The van der Waals surface area contributed by atoms with Crippen molar-refractivity contribution in [2.45, 2.75) is 38.4 Å². The van der Waals surface area contributed by atoms with Crippen LogP contribution in [0.4, 0.5) is 5.69 Å². The monoisotopic (exact) mass is 318 g/mol. The number of nitrogens with zero attached hydrogens (tertiary/aromatic N) is 2. The van der Waals surface area contributed by atoms with E-state index >= 15 is 0 Å². The van der Waals surface area contributed by atoms with E-state index in [1.54, 1.807) is 0 Å². The molecule has 23 heavy (non-hydrogen) atoms. The first-order chi connectivity index (χ1) is 11.2. The van der Waals surface area contributed by atoms with Crippen LogP contribution in [0.2, 0.25) is 0 Å². The molecule has 1 aromatic rings. The molecule has 128 valence electrons. The number of rotatable bonds is 6.